The minimum Gasteiger partial charge on any atom is -0.433 e. The van der Waals surface area contributed by atoms with Gasteiger partial charge in [-0.25, -0.2) is 0 Å². The third-order valence-electron chi connectivity index (χ3n) is 2.57. The molecule has 1 aliphatic rings. The number of ether oxygens (including phenoxy) is 1. The van der Waals surface area contributed by atoms with E-state index in [0.717, 1.165) is 12.8 Å². The summed E-state index contributed by atoms with van der Waals surface area (Å²) in [6.07, 6.45) is 3.40. The number of hydrogen-bond donors (Lipinski definition) is 1. The minimum atomic E-state index is -2.77. The van der Waals surface area contributed by atoms with Gasteiger partial charge in [0.05, 0.1) is 5.69 Å². The molecule has 15 heavy (non-hydrogen) atoms. The van der Waals surface area contributed by atoms with E-state index in [-0.39, 0.29) is 5.75 Å². The van der Waals surface area contributed by atoms with Crippen LogP contribution in [0.2, 0.25) is 0 Å². The molecule has 0 radical (unpaired) electrons. The van der Waals surface area contributed by atoms with E-state index < -0.39 is 6.61 Å². The molecule has 82 valence electrons. The van der Waals surface area contributed by atoms with Crippen LogP contribution >= 0.6 is 0 Å². The Hall–Kier alpha value is -1.32. The summed E-state index contributed by atoms with van der Waals surface area (Å²) in [4.78, 5) is 0. The second-order valence-electron chi connectivity index (χ2n) is 3.65. The van der Waals surface area contributed by atoms with E-state index in [2.05, 4.69) is 10.1 Å². The van der Waals surface area contributed by atoms with Gasteiger partial charge in [0.1, 0.15) is 5.75 Å². The maximum absolute atomic E-state index is 12.1. The first kappa shape index (κ1) is 10.2. The van der Waals surface area contributed by atoms with Gasteiger partial charge >= 0.3 is 6.61 Å². The number of alkyl halides is 2. The maximum atomic E-state index is 12.1. The summed E-state index contributed by atoms with van der Waals surface area (Å²) in [7, 11) is 0. The molecule has 0 bridgehead atoms. The third kappa shape index (κ3) is 2.58. The van der Waals surface area contributed by atoms with Crippen molar-refractivity contribution in [1.82, 2.24) is 0 Å². The van der Waals surface area contributed by atoms with Gasteiger partial charge in [0.15, 0.2) is 0 Å². The molecule has 1 aliphatic carbocycles. The molecule has 1 aromatic carbocycles. The van der Waals surface area contributed by atoms with Crippen molar-refractivity contribution in [3.63, 3.8) is 0 Å². The van der Waals surface area contributed by atoms with E-state index in [1.165, 1.54) is 6.42 Å². The molecule has 2 nitrogen and oxygen atoms in total. The molecule has 0 atom stereocenters. The van der Waals surface area contributed by atoms with Crippen LogP contribution in [0.1, 0.15) is 19.3 Å². The van der Waals surface area contributed by atoms with E-state index in [9.17, 15) is 8.78 Å². The largest absolute Gasteiger partial charge is 0.433 e. The fraction of sp³-hybridized carbons (Fsp3) is 0.455. The van der Waals surface area contributed by atoms with E-state index >= 15 is 0 Å². The molecular weight excluding hydrogens is 200 g/mol. The van der Waals surface area contributed by atoms with Crippen molar-refractivity contribution >= 4 is 5.69 Å². The van der Waals surface area contributed by atoms with Crippen LogP contribution in [0.3, 0.4) is 0 Å². The molecule has 1 fully saturated rings. The maximum Gasteiger partial charge on any atom is 0.387 e. The summed E-state index contributed by atoms with van der Waals surface area (Å²) < 4.78 is 28.6. The zero-order chi connectivity index (χ0) is 10.7. The van der Waals surface area contributed by atoms with Crippen LogP contribution in [-0.2, 0) is 0 Å². The van der Waals surface area contributed by atoms with Crippen molar-refractivity contribution < 1.29 is 13.5 Å². The second-order valence-corrected chi connectivity index (χ2v) is 3.65. The van der Waals surface area contributed by atoms with Crippen LogP contribution in [0.5, 0.6) is 5.75 Å². The van der Waals surface area contributed by atoms with Gasteiger partial charge < -0.3 is 10.1 Å². The van der Waals surface area contributed by atoms with Crippen LogP contribution in [0.4, 0.5) is 14.5 Å². The predicted molar refractivity (Wildman–Crippen MR) is 54.3 cm³/mol. The lowest BCUT2D eigenvalue weighted by molar-refractivity contribution is -0.0494. The molecule has 0 aromatic heterocycles. The van der Waals surface area contributed by atoms with Crippen LogP contribution in [0, 0.1) is 0 Å². The lowest BCUT2D eigenvalue weighted by atomic mass is 9.93. The first-order valence-corrected chi connectivity index (χ1v) is 5.06. The highest BCUT2D eigenvalue weighted by atomic mass is 19.3. The van der Waals surface area contributed by atoms with Crippen molar-refractivity contribution in [1.29, 1.82) is 0 Å². The molecule has 1 aromatic rings. The molecule has 0 spiro atoms. The number of para-hydroxylation sites is 2. The third-order valence-corrected chi connectivity index (χ3v) is 2.57. The Balaban J connectivity index is 2.06. The molecule has 0 heterocycles. The Bertz CT molecular complexity index is 326. The van der Waals surface area contributed by atoms with Crippen molar-refractivity contribution in [3.05, 3.63) is 24.3 Å². The quantitative estimate of drug-likeness (QED) is 0.828. The summed E-state index contributed by atoms with van der Waals surface area (Å²) in [5.41, 5.74) is 0.655. The number of benzene rings is 1. The average molecular weight is 213 g/mol. The van der Waals surface area contributed by atoms with Crippen molar-refractivity contribution in [2.45, 2.75) is 31.9 Å². The molecule has 1 N–H and O–H groups in total. The predicted octanol–water partition coefficient (Wildman–Crippen LogP) is 3.25. The van der Waals surface area contributed by atoms with Gasteiger partial charge in [0.2, 0.25) is 0 Å². The van der Waals surface area contributed by atoms with E-state index in [0.29, 0.717) is 11.7 Å². The number of halogens is 2. The average Bonchev–Trinajstić information content (AvgIpc) is 2.13. The number of rotatable bonds is 4. The minimum absolute atomic E-state index is 0.222. The number of anilines is 1. The highest BCUT2D eigenvalue weighted by molar-refractivity contribution is 5.56. The molecule has 4 heteroatoms. The van der Waals surface area contributed by atoms with Crippen LogP contribution in [0.25, 0.3) is 0 Å². The lowest BCUT2D eigenvalue weighted by Gasteiger charge is -2.28. The van der Waals surface area contributed by atoms with Crippen LogP contribution in [0.15, 0.2) is 24.3 Å². The van der Waals surface area contributed by atoms with Gasteiger partial charge in [-0.05, 0) is 31.4 Å². The van der Waals surface area contributed by atoms with Crippen molar-refractivity contribution in [2.24, 2.45) is 0 Å². The molecular formula is C11H13F2NO. The van der Waals surface area contributed by atoms with Crippen LogP contribution in [-0.4, -0.2) is 12.7 Å². The summed E-state index contributed by atoms with van der Waals surface area (Å²) >= 11 is 0. The smallest absolute Gasteiger partial charge is 0.387 e. The zero-order valence-corrected chi connectivity index (χ0v) is 8.25. The second kappa shape index (κ2) is 4.47. The zero-order valence-electron chi connectivity index (χ0n) is 8.25. The Kier molecular flexibility index (Phi) is 3.04. The Morgan fingerprint density at radius 3 is 2.60 bits per heavy atom. The van der Waals surface area contributed by atoms with Crippen molar-refractivity contribution in [3.8, 4) is 5.75 Å². The molecule has 0 unspecified atom stereocenters. The number of nitrogens with one attached hydrogen (secondary N) is 1. The topological polar surface area (TPSA) is 21.3 Å². The highest BCUT2D eigenvalue weighted by Gasteiger charge is 2.18. The summed E-state index contributed by atoms with van der Waals surface area (Å²) in [6, 6.07) is 7.21. The van der Waals surface area contributed by atoms with Gasteiger partial charge in [-0.1, -0.05) is 12.1 Å². The van der Waals surface area contributed by atoms with Gasteiger partial charge in [-0.3, -0.25) is 0 Å². The highest BCUT2D eigenvalue weighted by Crippen LogP contribution is 2.30. The van der Waals surface area contributed by atoms with Gasteiger partial charge in [-0.15, -0.1) is 0 Å². The lowest BCUT2D eigenvalue weighted by Crippen LogP contribution is -2.27. The van der Waals surface area contributed by atoms with E-state index in [1.807, 2.05) is 0 Å². The first-order valence-electron chi connectivity index (χ1n) is 5.06. The number of hydrogen-bond acceptors (Lipinski definition) is 2. The summed E-state index contributed by atoms with van der Waals surface area (Å²) in [6.45, 7) is -2.77. The van der Waals surface area contributed by atoms with E-state index in [1.54, 1.807) is 24.3 Å². The Morgan fingerprint density at radius 1 is 1.27 bits per heavy atom. The molecule has 0 amide bonds. The fourth-order valence-corrected chi connectivity index (χ4v) is 1.56. The Morgan fingerprint density at radius 2 is 2.00 bits per heavy atom. The van der Waals surface area contributed by atoms with Crippen molar-refractivity contribution in [2.75, 3.05) is 5.32 Å². The molecule has 0 aliphatic heterocycles. The van der Waals surface area contributed by atoms with Gasteiger partial charge in [-0.2, -0.15) is 8.78 Å². The standard InChI is InChI=1S/C11H13F2NO/c12-11(13)15-10-7-2-1-6-9(10)14-8-4-3-5-8/h1-2,6-8,11,14H,3-5H2. The molecule has 1 saturated carbocycles. The first-order chi connectivity index (χ1) is 7.25. The summed E-state index contributed by atoms with van der Waals surface area (Å²) in [5, 5.41) is 3.19. The monoisotopic (exact) mass is 213 g/mol. The van der Waals surface area contributed by atoms with Gasteiger partial charge in [0.25, 0.3) is 0 Å². The normalized spacial score (nSPS) is 16.2. The van der Waals surface area contributed by atoms with Crippen LogP contribution < -0.4 is 10.1 Å². The van der Waals surface area contributed by atoms with Gasteiger partial charge in [0, 0.05) is 6.04 Å². The molecule has 0 saturated heterocycles. The fourth-order valence-electron chi connectivity index (χ4n) is 1.56. The Labute approximate surface area is 87.2 Å². The SMILES string of the molecule is FC(F)Oc1ccccc1NC1CCC1. The molecule has 2 rings (SSSR count). The van der Waals surface area contributed by atoms with E-state index in [4.69, 9.17) is 0 Å². The summed E-state index contributed by atoms with van der Waals surface area (Å²) in [5.74, 6) is 0.222.